The summed E-state index contributed by atoms with van der Waals surface area (Å²) in [5.41, 5.74) is 3.29. The monoisotopic (exact) mass is 440 g/mol. The van der Waals surface area contributed by atoms with Gasteiger partial charge in [0.25, 0.3) is 0 Å². The lowest BCUT2D eigenvalue weighted by atomic mass is 10.1. The first-order valence-corrected chi connectivity index (χ1v) is 10.5. The van der Waals surface area contributed by atoms with Crippen molar-refractivity contribution in [3.8, 4) is 11.5 Å². The number of piperidine rings is 1. The molecule has 0 unspecified atom stereocenters. The summed E-state index contributed by atoms with van der Waals surface area (Å²) in [7, 11) is 1.70. The number of rotatable bonds is 5. The van der Waals surface area contributed by atoms with Crippen LogP contribution >= 0.6 is 15.9 Å². The second-order valence-electron chi connectivity index (χ2n) is 7.36. The van der Waals surface area contributed by atoms with Crippen LogP contribution in [0.4, 0.5) is 0 Å². The van der Waals surface area contributed by atoms with Crippen molar-refractivity contribution >= 4 is 26.8 Å². The maximum absolute atomic E-state index is 6.43. The number of hydrogen-bond acceptors (Lipinski definition) is 4. The number of ether oxygens (including phenoxy) is 2. The van der Waals surface area contributed by atoms with E-state index in [0.717, 1.165) is 65.0 Å². The predicted molar refractivity (Wildman–Crippen MR) is 116 cm³/mol. The van der Waals surface area contributed by atoms with Crippen LogP contribution in [0.5, 0.6) is 11.5 Å². The Morgan fingerprint density at radius 1 is 1.07 bits per heavy atom. The van der Waals surface area contributed by atoms with Gasteiger partial charge in [-0.3, -0.25) is 9.88 Å². The van der Waals surface area contributed by atoms with Gasteiger partial charge >= 0.3 is 0 Å². The molecule has 0 atom stereocenters. The number of aromatic nitrogens is 1. The van der Waals surface area contributed by atoms with Crippen LogP contribution < -0.4 is 9.47 Å². The van der Waals surface area contributed by atoms with Gasteiger partial charge in [-0.15, -0.1) is 0 Å². The number of nitrogens with zero attached hydrogens (tertiary/aromatic N) is 2. The first-order valence-electron chi connectivity index (χ1n) is 9.69. The van der Waals surface area contributed by atoms with Crippen molar-refractivity contribution in [2.75, 3.05) is 20.2 Å². The van der Waals surface area contributed by atoms with E-state index in [2.05, 4.69) is 50.1 Å². The summed E-state index contributed by atoms with van der Waals surface area (Å²) in [5, 5.41) is 1.07. The third kappa shape index (κ3) is 4.47. The highest BCUT2D eigenvalue weighted by molar-refractivity contribution is 9.10. The van der Waals surface area contributed by atoms with E-state index in [0.29, 0.717) is 0 Å². The lowest BCUT2D eigenvalue weighted by molar-refractivity contribution is 0.0979. The number of halogens is 1. The topological polar surface area (TPSA) is 34.6 Å². The van der Waals surface area contributed by atoms with Gasteiger partial charge in [0.15, 0.2) is 0 Å². The number of methoxy groups -OCH3 is 1. The van der Waals surface area contributed by atoms with E-state index >= 15 is 0 Å². The SMILES string of the molecule is COc1ccc(CN2CCC(Oc3cc(C)nc4ccc(Br)cc34)CC2)cc1. The van der Waals surface area contributed by atoms with Crippen molar-refractivity contribution in [3.63, 3.8) is 0 Å². The molecule has 2 aromatic carbocycles. The number of fused-ring (bicyclic) bond motifs is 1. The molecule has 0 amide bonds. The summed E-state index contributed by atoms with van der Waals surface area (Å²) in [4.78, 5) is 7.12. The molecule has 0 aliphatic carbocycles. The fourth-order valence-electron chi connectivity index (χ4n) is 3.74. The van der Waals surface area contributed by atoms with Gasteiger partial charge in [-0.1, -0.05) is 28.1 Å². The molecule has 3 aromatic rings. The van der Waals surface area contributed by atoms with Crippen LogP contribution in [0.1, 0.15) is 24.1 Å². The Labute approximate surface area is 174 Å². The highest BCUT2D eigenvalue weighted by Crippen LogP contribution is 2.30. The summed E-state index contributed by atoms with van der Waals surface area (Å²) < 4.78 is 12.7. The number of pyridine rings is 1. The fourth-order valence-corrected chi connectivity index (χ4v) is 4.11. The third-order valence-corrected chi connectivity index (χ3v) is 5.75. The van der Waals surface area contributed by atoms with Crippen LogP contribution in [-0.4, -0.2) is 36.2 Å². The molecular weight excluding hydrogens is 416 g/mol. The van der Waals surface area contributed by atoms with Crippen molar-refractivity contribution in [1.82, 2.24) is 9.88 Å². The zero-order valence-electron chi connectivity index (χ0n) is 16.3. The molecule has 0 spiro atoms. The standard InChI is InChI=1S/C23H25BrN2O2/c1-16-13-23(21-14-18(24)5-8-22(21)25-16)28-20-9-11-26(12-10-20)15-17-3-6-19(27-2)7-4-17/h3-8,13-14,20H,9-12,15H2,1-2H3. The van der Waals surface area contributed by atoms with Gasteiger partial charge in [0, 0.05) is 41.3 Å². The van der Waals surface area contributed by atoms with Gasteiger partial charge in [-0.05, 0) is 55.7 Å². The summed E-state index contributed by atoms with van der Waals surface area (Å²) >= 11 is 3.56. The highest BCUT2D eigenvalue weighted by Gasteiger charge is 2.21. The van der Waals surface area contributed by atoms with Crippen LogP contribution in [0.25, 0.3) is 10.9 Å². The van der Waals surface area contributed by atoms with Gasteiger partial charge in [-0.25, -0.2) is 0 Å². The van der Waals surface area contributed by atoms with Gasteiger partial charge in [-0.2, -0.15) is 0 Å². The molecule has 2 heterocycles. The predicted octanol–water partition coefficient (Wildman–Crippen LogP) is 5.36. The summed E-state index contributed by atoms with van der Waals surface area (Å²) in [6.07, 6.45) is 2.32. The smallest absolute Gasteiger partial charge is 0.130 e. The molecule has 0 N–H and O–H groups in total. The molecule has 0 bridgehead atoms. The Hall–Kier alpha value is -2.11. The van der Waals surface area contributed by atoms with E-state index in [9.17, 15) is 0 Å². The Bertz CT molecular complexity index is 951. The average Bonchev–Trinajstić information content (AvgIpc) is 2.70. The minimum absolute atomic E-state index is 0.246. The van der Waals surface area contributed by atoms with E-state index in [4.69, 9.17) is 9.47 Å². The quantitative estimate of drug-likeness (QED) is 0.534. The van der Waals surface area contributed by atoms with E-state index in [1.807, 2.05) is 31.2 Å². The first kappa shape index (κ1) is 19.2. The molecule has 28 heavy (non-hydrogen) atoms. The molecule has 146 valence electrons. The number of hydrogen-bond donors (Lipinski definition) is 0. The molecule has 1 aliphatic rings. The second kappa shape index (κ2) is 8.50. The van der Waals surface area contributed by atoms with Crippen molar-refractivity contribution in [2.45, 2.75) is 32.4 Å². The molecule has 1 aliphatic heterocycles. The molecule has 1 saturated heterocycles. The molecule has 1 aromatic heterocycles. The van der Waals surface area contributed by atoms with Crippen molar-refractivity contribution < 1.29 is 9.47 Å². The summed E-state index contributed by atoms with van der Waals surface area (Å²) in [6, 6.07) is 16.6. The van der Waals surface area contributed by atoms with E-state index < -0.39 is 0 Å². The first-order chi connectivity index (χ1) is 13.6. The molecular formula is C23H25BrN2O2. The molecule has 1 fully saturated rings. The van der Waals surface area contributed by atoms with Crippen molar-refractivity contribution in [1.29, 1.82) is 0 Å². The number of benzene rings is 2. The van der Waals surface area contributed by atoms with Gasteiger partial charge in [0.05, 0.1) is 12.6 Å². The van der Waals surface area contributed by atoms with Crippen LogP contribution in [0.15, 0.2) is 53.0 Å². The highest BCUT2D eigenvalue weighted by atomic mass is 79.9. The van der Waals surface area contributed by atoms with Crippen LogP contribution in [0.3, 0.4) is 0 Å². The molecule has 4 nitrogen and oxygen atoms in total. The average molecular weight is 441 g/mol. The maximum atomic E-state index is 6.43. The third-order valence-electron chi connectivity index (χ3n) is 5.25. The molecule has 5 heteroatoms. The Morgan fingerprint density at radius 3 is 2.54 bits per heavy atom. The van der Waals surface area contributed by atoms with E-state index in [-0.39, 0.29) is 6.10 Å². The van der Waals surface area contributed by atoms with Crippen molar-refractivity contribution in [3.05, 3.63) is 64.3 Å². The lowest BCUT2D eigenvalue weighted by Crippen LogP contribution is -2.37. The maximum Gasteiger partial charge on any atom is 0.130 e. The van der Waals surface area contributed by atoms with Gasteiger partial charge in [0.1, 0.15) is 17.6 Å². The number of aryl methyl sites for hydroxylation is 1. The van der Waals surface area contributed by atoms with Crippen LogP contribution in [0.2, 0.25) is 0 Å². The molecule has 0 saturated carbocycles. The molecule has 4 rings (SSSR count). The Balaban J connectivity index is 1.39. The minimum Gasteiger partial charge on any atom is -0.497 e. The largest absolute Gasteiger partial charge is 0.497 e. The summed E-state index contributed by atoms with van der Waals surface area (Å²) in [6.45, 7) is 5.08. The normalized spacial score (nSPS) is 15.7. The summed E-state index contributed by atoms with van der Waals surface area (Å²) in [5.74, 6) is 1.85. The zero-order valence-corrected chi connectivity index (χ0v) is 17.9. The fraction of sp³-hybridized carbons (Fsp3) is 0.348. The van der Waals surface area contributed by atoms with Crippen LogP contribution in [-0.2, 0) is 6.54 Å². The number of likely N-dealkylation sites (tertiary alicyclic amines) is 1. The van der Waals surface area contributed by atoms with Gasteiger partial charge in [0.2, 0.25) is 0 Å². The van der Waals surface area contributed by atoms with E-state index in [1.54, 1.807) is 7.11 Å². The molecule has 0 radical (unpaired) electrons. The second-order valence-corrected chi connectivity index (χ2v) is 8.28. The van der Waals surface area contributed by atoms with Crippen LogP contribution in [0, 0.1) is 6.92 Å². The Morgan fingerprint density at radius 2 is 1.82 bits per heavy atom. The minimum atomic E-state index is 0.246. The lowest BCUT2D eigenvalue weighted by Gasteiger charge is -2.32. The van der Waals surface area contributed by atoms with Gasteiger partial charge < -0.3 is 9.47 Å². The Kier molecular flexibility index (Phi) is 5.83. The van der Waals surface area contributed by atoms with Crippen molar-refractivity contribution in [2.24, 2.45) is 0 Å². The van der Waals surface area contributed by atoms with E-state index in [1.165, 1.54) is 5.56 Å². The zero-order chi connectivity index (χ0) is 19.5.